The van der Waals surface area contributed by atoms with Gasteiger partial charge in [-0.1, -0.05) is 0 Å². The molecule has 0 aliphatic carbocycles. The third-order valence-electron chi connectivity index (χ3n) is 7.86. The Kier molecular flexibility index (Phi) is 13.1. The fourth-order valence-electron chi connectivity index (χ4n) is 4.93. The molecule has 38 heavy (non-hydrogen) atoms. The van der Waals surface area contributed by atoms with Crippen LogP contribution in [0, 0.1) is 11.8 Å². The van der Waals surface area contributed by atoms with Gasteiger partial charge in [-0.15, -0.1) is 0 Å². The Balaban J connectivity index is 2.20. The molecule has 3 aromatic rings. The van der Waals surface area contributed by atoms with Crippen LogP contribution in [-0.2, 0) is 0 Å². The van der Waals surface area contributed by atoms with Crippen molar-refractivity contribution in [2.45, 2.75) is 109 Å². The number of ether oxygens (including phenoxy) is 2. The molecule has 2 heterocycles. The average Bonchev–Trinajstić information content (AvgIpc) is 3.50. The predicted molar refractivity (Wildman–Crippen MR) is 179 cm³/mol. The monoisotopic (exact) mass is 870 g/mol. The summed E-state index contributed by atoms with van der Waals surface area (Å²) in [5.41, 5.74) is 0. The molecule has 0 bridgehead atoms. The van der Waals surface area contributed by atoms with E-state index in [1.807, 2.05) is 4.91 Å². The minimum atomic E-state index is -2.18. The zero-order valence-corrected chi connectivity index (χ0v) is 35.1. The molecule has 2 atom stereocenters. The Labute approximate surface area is 254 Å². The molecule has 0 aliphatic rings. The van der Waals surface area contributed by atoms with E-state index in [0.29, 0.717) is 40.8 Å². The number of unbranched alkanes of at least 4 members (excludes halogenated alkanes) is 2. The van der Waals surface area contributed by atoms with Crippen LogP contribution in [-0.4, -0.2) is 79.0 Å². The number of rotatable bonds is 16. The standard InChI is InChI=1S/C26H36O2Se2.6CH3.2Sn/c1-5-9-11-19(7-3)17-27-23-21-13-15-29-25(21)26-22(14-16-30-26)24(23)28-18-20(8-4)12-10-6-2;;;;;;;;/h13-14,19-20H,5-12,17-18H2,1-4H3;6*1H3;;. The summed E-state index contributed by atoms with van der Waals surface area (Å²) in [6, 6.07) is 5.20. The molecular weight excluding hydrogens is 812 g/mol. The first-order chi connectivity index (χ1) is 17.9. The molecular formula is C32H54O2Se2Sn2. The Morgan fingerprint density at radius 1 is 0.632 bits per heavy atom. The van der Waals surface area contributed by atoms with E-state index in [4.69, 9.17) is 9.47 Å². The fourth-order valence-corrected chi connectivity index (χ4v) is 26.1. The van der Waals surface area contributed by atoms with Crippen molar-refractivity contribution in [2.75, 3.05) is 13.2 Å². The Morgan fingerprint density at radius 2 is 1.00 bits per heavy atom. The van der Waals surface area contributed by atoms with Gasteiger partial charge in [0.25, 0.3) is 0 Å². The summed E-state index contributed by atoms with van der Waals surface area (Å²) in [5, 5.41) is 2.85. The van der Waals surface area contributed by atoms with Crippen LogP contribution in [0.3, 0.4) is 0 Å². The molecule has 0 amide bonds. The van der Waals surface area contributed by atoms with E-state index in [2.05, 4.69) is 69.5 Å². The Morgan fingerprint density at radius 3 is 1.29 bits per heavy atom. The Bertz CT molecular complexity index is 1070. The van der Waals surface area contributed by atoms with Crippen molar-refractivity contribution in [1.29, 1.82) is 0 Å². The number of hydrogen-bond acceptors (Lipinski definition) is 2. The molecule has 3 rings (SSSR count). The van der Waals surface area contributed by atoms with Gasteiger partial charge in [0, 0.05) is 0 Å². The molecule has 0 fully saturated rings. The van der Waals surface area contributed by atoms with Gasteiger partial charge in [0.15, 0.2) is 0 Å². The topological polar surface area (TPSA) is 18.5 Å². The average molecular weight is 866 g/mol. The van der Waals surface area contributed by atoms with Crippen molar-refractivity contribution in [3.05, 3.63) is 12.1 Å². The zero-order chi connectivity index (χ0) is 28.1. The van der Waals surface area contributed by atoms with Crippen LogP contribution in [0.5, 0.6) is 11.5 Å². The number of fused-ring (bicyclic) bond motifs is 3. The SMILES string of the molecule is CCCCC(CC)COc1c(OCC(CC)CCCC)c2c[c]([Sn]([CH3])([CH3])[CH3])[se]c2c2[se][c]([Sn]([CH3])([CH3])[CH3])cc12. The van der Waals surface area contributed by atoms with E-state index in [1.165, 1.54) is 62.1 Å². The van der Waals surface area contributed by atoms with Crippen molar-refractivity contribution < 1.29 is 9.47 Å². The number of hydrogen-bond donors (Lipinski definition) is 0. The molecule has 0 N–H and O–H groups in total. The van der Waals surface area contributed by atoms with Crippen molar-refractivity contribution in [3.63, 3.8) is 0 Å². The molecule has 0 spiro atoms. The van der Waals surface area contributed by atoms with Gasteiger partial charge < -0.3 is 0 Å². The van der Waals surface area contributed by atoms with E-state index in [9.17, 15) is 0 Å². The van der Waals surface area contributed by atoms with E-state index in [0.717, 1.165) is 24.7 Å². The van der Waals surface area contributed by atoms with Gasteiger partial charge in [-0.05, 0) is 0 Å². The van der Waals surface area contributed by atoms with Gasteiger partial charge >= 0.3 is 257 Å². The maximum absolute atomic E-state index is 6.94. The second-order valence-corrected chi connectivity index (χ2v) is 51.1. The van der Waals surface area contributed by atoms with E-state index >= 15 is 0 Å². The first kappa shape index (κ1) is 33.4. The Hall–Kier alpha value is 0.936. The fraction of sp³-hybridized carbons (Fsp3) is 0.688. The van der Waals surface area contributed by atoms with Crippen molar-refractivity contribution in [2.24, 2.45) is 11.8 Å². The van der Waals surface area contributed by atoms with Crippen LogP contribution in [0.4, 0.5) is 0 Å². The van der Waals surface area contributed by atoms with Crippen molar-refractivity contribution >= 4 is 90.0 Å². The summed E-state index contributed by atoms with van der Waals surface area (Å²) in [4.78, 5) is 15.5. The second kappa shape index (κ2) is 14.9. The van der Waals surface area contributed by atoms with Crippen LogP contribution in [0.15, 0.2) is 12.1 Å². The summed E-state index contributed by atoms with van der Waals surface area (Å²) in [7, 11) is 0. The molecule has 2 nitrogen and oxygen atoms in total. The molecule has 2 unspecified atom stereocenters. The van der Waals surface area contributed by atoms with Gasteiger partial charge in [-0.2, -0.15) is 0 Å². The summed E-state index contributed by atoms with van der Waals surface area (Å²) in [6.45, 7) is 10.9. The van der Waals surface area contributed by atoms with Crippen LogP contribution in [0.25, 0.3) is 19.3 Å². The normalized spacial score (nSPS) is 14.4. The quantitative estimate of drug-likeness (QED) is 0.135. The molecule has 0 radical (unpaired) electrons. The van der Waals surface area contributed by atoms with E-state index < -0.39 is 36.8 Å². The second-order valence-electron chi connectivity index (χ2n) is 13.3. The zero-order valence-electron chi connectivity index (χ0n) is 26.0. The van der Waals surface area contributed by atoms with Gasteiger partial charge in [0.05, 0.1) is 0 Å². The molecule has 0 saturated heterocycles. The first-order valence-electron chi connectivity index (χ1n) is 15.2. The van der Waals surface area contributed by atoms with E-state index in [1.54, 1.807) is 8.52 Å². The summed E-state index contributed by atoms with van der Waals surface area (Å²) in [5.74, 6) is 3.45. The summed E-state index contributed by atoms with van der Waals surface area (Å²) >= 11 is -3.45. The first-order valence-corrected chi connectivity index (χ1v) is 38.6. The van der Waals surface area contributed by atoms with Crippen LogP contribution in [0.2, 0.25) is 29.6 Å². The molecule has 2 aromatic heterocycles. The van der Waals surface area contributed by atoms with Crippen LogP contribution in [0.1, 0.15) is 79.1 Å². The molecule has 1 aromatic carbocycles. The van der Waals surface area contributed by atoms with Gasteiger partial charge in [-0.25, -0.2) is 0 Å². The van der Waals surface area contributed by atoms with Crippen LogP contribution >= 0.6 is 0 Å². The van der Waals surface area contributed by atoms with E-state index in [-0.39, 0.29) is 0 Å². The summed E-state index contributed by atoms with van der Waals surface area (Å²) in [6.07, 6.45) is 10.0. The molecule has 0 saturated carbocycles. The van der Waals surface area contributed by atoms with Crippen molar-refractivity contribution in [3.8, 4) is 11.5 Å². The molecule has 6 heteroatoms. The van der Waals surface area contributed by atoms with Crippen LogP contribution < -0.4 is 14.4 Å². The minimum absolute atomic E-state index is 0.461. The predicted octanol–water partition coefficient (Wildman–Crippen LogP) is 8.39. The number of benzene rings is 1. The van der Waals surface area contributed by atoms with Gasteiger partial charge in [0.2, 0.25) is 0 Å². The third-order valence-corrected chi connectivity index (χ3v) is 42.1. The van der Waals surface area contributed by atoms with Crippen molar-refractivity contribution in [1.82, 2.24) is 0 Å². The maximum atomic E-state index is 6.94. The summed E-state index contributed by atoms with van der Waals surface area (Å²) < 4.78 is 20.8. The molecule has 0 aliphatic heterocycles. The van der Waals surface area contributed by atoms with Gasteiger partial charge in [-0.3, -0.25) is 0 Å². The molecule has 214 valence electrons. The third kappa shape index (κ3) is 8.49. The van der Waals surface area contributed by atoms with Gasteiger partial charge in [0.1, 0.15) is 0 Å².